The van der Waals surface area contributed by atoms with Crippen molar-refractivity contribution < 1.29 is 32.6 Å². The van der Waals surface area contributed by atoms with Crippen LogP contribution in [0.1, 0.15) is 18.4 Å². The van der Waals surface area contributed by atoms with Gasteiger partial charge in [-0.3, -0.25) is 4.79 Å². The maximum absolute atomic E-state index is 12.6. The molecule has 0 N–H and O–H groups in total. The van der Waals surface area contributed by atoms with Crippen LogP contribution in [0.15, 0.2) is 22.7 Å². The van der Waals surface area contributed by atoms with Gasteiger partial charge in [0.05, 0.1) is 13.2 Å². The molecule has 1 heterocycles. The van der Waals surface area contributed by atoms with E-state index in [1.54, 1.807) is 12.1 Å². The van der Waals surface area contributed by atoms with Crippen molar-refractivity contribution in [1.82, 2.24) is 4.90 Å². The number of amides is 1. The van der Waals surface area contributed by atoms with Gasteiger partial charge in [-0.25, -0.2) is 4.79 Å². The largest absolute Gasteiger partial charge is 0.467 e. The standard InChI is InChI=1S/C17H20BrF2NO5/c1-24-12-8-13(16(23)25-2)21(9-12)15(22)6-3-10-7-11(18)4-5-14(10)26-17(19)20/h4-5,7,12-13,17H,3,6,8-9H2,1-2H3/t12-,13-/m1/s1. The number of methoxy groups -OCH3 is 2. The molecule has 1 fully saturated rings. The molecule has 9 heteroatoms. The highest BCUT2D eigenvalue weighted by Crippen LogP contribution is 2.27. The van der Waals surface area contributed by atoms with E-state index < -0.39 is 18.6 Å². The summed E-state index contributed by atoms with van der Waals surface area (Å²) >= 11 is 3.27. The number of halogens is 3. The molecule has 2 rings (SSSR count). The molecule has 1 aliphatic heterocycles. The third-order valence-corrected chi connectivity index (χ3v) is 4.73. The maximum atomic E-state index is 12.6. The summed E-state index contributed by atoms with van der Waals surface area (Å²) in [6.07, 6.45) is 0.361. The molecule has 0 bridgehead atoms. The first-order valence-electron chi connectivity index (χ1n) is 7.99. The Kier molecular flexibility index (Phi) is 7.33. The summed E-state index contributed by atoms with van der Waals surface area (Å²) in [7, 11) is 2.78. The lowest BCUT2D eigenvalue weighted by Crippen LogP contribution is -2.41. The molecule has 0 aliphatic carbocycles. The van der Waals surface area contributed by atoms with Crippen molar-refractivity contribution in [2.24, 2.45) is 0 Å². The average Bonchev–Trinajstić information content (AvgIpc) is 3.05. The van der Waals surface area contributed by atoms with Gasteiger partial charge in [-0.1, -0.05) is 15.9 Å². The van der Waals surface area contributed by atoms with E-state index in [1.807, 2.05) is 0 Å². The van der Waals surface area contributed by atoms with Gasteiger partial charge in [0.1, 0.15) is 11.8 Å². The minimum absolute atomic E-state index is 0.0247. The number of alkyl halides is 2. The number of likely N-dealkylation sites (tertiary alicyclic amines) is 1. The average molecular weight is 436 g/mol. The number of hydrogen-bond acceptors (Lipinski definition) is 5. The summed E-state index contributed by atoms with van der Waals surface area (Å²) in [4.78, 5) is 25.9. The molecule has 0 saturated carbocycles. The number of carbonyl (C=O) groups is 2. The van der Waals surface area contributed by atoms with Crippen LogP contribution in [-0.2, 0) is 25.5 Å². The van der Waals surface area contributed by atoms with Crippen molar-refractivity contribution in [2.75, 3.05) is 20.8 Å². The SMILES string of the molecule is COC(=O)[C@H]1C[C@@H](OC)CN1C(=O)CCc1cc(Br)ccc1OC(F)F. The fourth-order valence-electron chi connectivity index (χ4n) is 2.94. The predicted molar refractivity (Wildman–Crippen MR) is 92.0 cm³/mol. The molecule has 0 spiro atoms. The second-order valence-electron chi connectivity index (χ2n) is 5.81. The first-order chi connectivity index (χ1) is 12.3. The molecule has 1 aliphatic rings. The number of ether oxygens (including phenoxy) is 3. The Labute approximate surface area is 158 Å². The topological polar surface area (TPSA) is 65.1 Å². The van der Waals surface area contributed by atoms with Crippen molar-refractivity contribution in [3.8, 4) is 5.75 Å². The Hall–Kier alpha value is -1.74. The summed E-state index contributed by atoms with van der Waals surface area (Å²) in [6, 6.07) is 3.94. The van der Waals surface area contributed by atoms with Gasteiger partial charge in [-0.15, -0.1) is 0 Å². The lowest BCUT2D eigenvalue weighted by molar-refractivity contribution is -0.150. The van der Waals surface area contributed by atoms with Gasteiger partial charge >= 0.3 is 12.6 Å². The van der Waals surface area contributed by atoms with Crippen LogP contribution < -0.4 is 4.74 Å². The Morgan fingerprint density at radius 2 is 2.08 bits per heavy atom. The minimum atomic E-state index is -2.95. The molecular formula is C17H20BrF2NO5. The van der Waals surface area contributed by atoms with Crippen LogP contribution in [0.25, 0.3) is 0 Å². The van der Waals surface area contributed by atoms with E-state index >= 15 is 0 Å². The molecule has 1 aromatic carbocycles. The van der Waals surface area contributed by atoms with Crippen LogP contribution in [0.3, 0.4) is 0 Å². The highest BCUT2D eigenvalue weighted by molar-refractivity contribution is 9.10. The van der Waals surface area contributed by atoms with Crippen LogP contribution in [-0.4, -0.2) is 56.3 Å². The highest BCUT2D eigenvalue weighted by atomic mass is 79.9. The summed E-state index contributed by atoms with van der Waals surface area (Å²) in [5.41, 5.74) is 0.477. The van der Waals surface area contributed by atoms with Crippen LogP contribution >= 0.6 is 15.9 Å². The van der Waals surface area contributed by atoms with E-state index in [2.05, 4.69) is 20.7 Å². The van der Waals surface area contributed by atoms with Crippen LogP contribution in [0.2, 0.25) is 0 Å². The van der Waals surface area contributed by atoms with Crippen LogP contribution in [0.5, 0.6) is 5.75 Å². The number of hydrogen-bond donors (Lipinski definition) is 0. The maximum Gasteiger partial charge on any atom is 0.387 e. The summed E-state index contributed by atoms with van der Waals surface area (Å²) in [6.45, 7) is -2.66. The van der Waals surface area contributed by atoms with Crippen molar-refractivity contribution in [3.63, 3.8) is 0 Å². The molecule has 1 saturated heterocycles. The zero-order valence-corrected chi connectivity index (χ0v) is 16.0. The Bertz CT molecular complexity index is 658. The van der Waals surface area contributed by atoms with E-state index in [-0.39, 0.29) is 37.1 Å². The number of esters is 1. The Balaban J connectivity index is 2.08. The van der Waals surface area contributed by atoms with Gasteiger partial charge in [0.2, 0.25) is 5.91 Å². The molecule has 0 radical (unpaired) electrons. The van der Waals surface area contributed by atoms with Crippen molar-refractivity contribution in [2.45, 2.75) is 38.0 Å². The monoisotopic (exact) mass is 435 g/mol. The second-order valence-corrected chi connectivity index (χ2v) is 6.72. The first kappa shape index (κ1) is 20.6. The molecule has 6 nitrogen and oxygen atoms in total. The number of aryl methyl sites for hydroxylation is 1. The normalized spacial score (nSPS) is 19.7. The number of carbonyl (C=O) groups excluding carboxylic acids is 2. The van der Waals surface area contributed by atoms with Gasteiger partial charge in [0.15, 0.2) is 0 Å². The lowest BCUT2D eigenvalue weighted by atomic mass is 10.1. The molecule has 1 aromatic rings. The Morgan fingerprint density at radius 1 is 1.35 bits per heavy atom. The van der Waals surface area contributed by atoms with E-state index in [0.717, 1.165) is 0 Å². The van der Waals surface area contributed by atoms with E-state index in [4.69, 9.17) is 9.47 Å². The molecule has 144 valence electrons. The number of nitrogens with zero attached hydrogens (tertiary/aromatic N) is 1. The van der Waals surface area contributed by atoms with Crippen molar-refractivity contribution in [3.05, 3.63) is 28.2 Å². The van der Waals surface area contributed by atoms with Gasteiger partial charge < -0.3 is 19.1 Å². The van der Waals surface area contributed by atoms with E-state index in [1.165, 1.54) is 25.2 Å². The smallest absolute Gasteiger partial charge is 0.387 e. The fraction of sp³-hybridized carbons (Fsp3) is 0.529. The van der Waals surface area contributed by atoms with Gasteiger partial charge in [-0.05, 0) is 30.2 Å². The minimum Gasteiger partial charge on any atom is -0.467 e. The zero-order valence-electron chi connectivity index (χ0n) is 14.4. The number of benzene rings is 1. The zero-order chi connectivity index (χ0) is 19.3. The molecule has 26 heavy (non-hydrogen) atoms. The summed E-state index contributed by atoms with van der Waals surface area (Å²) < 4.78 is 40.2. The van der Waals surface area contributed by atoms with Crippen molar-refractivity contribution >= 4 is 27.8 Å². The van der Waals surface area contributed by atoms with Crippen molar-refractivity contribution in [1.29, 1.82) is 0 Å². The molecule has 2 atom stereocenters. The van der Waals surface area contributed by atoms with E-state index in [9.17, 15) is 18.4 Å². The van der Waals surface area contributed by atoms with Crippen LogP contribution in [0.4, 0.5) is 8.78 Å². The van der Waals surface area contributed by atoms with Crippen LogP contribution in [0, 0.1) is 0 Å². The molecule has 0 unspecified atom stereocenters. The Morgan fingerprint density at radius 3 is 2.69 bits per heavy atom. The van der Waals surface area contributed by atoms with Gasteiger partial charge in [-0.2, -0.15) is 8.78 Å². The van der Waals surface area contributed by atoms with Gasteiger partial charge in [0.25, 0.3) is 0 Å². The lowest BCUT2D eigenvalue weighted by Gasteiger charge is -2.22. The fourth-order valence-corrected chi connectivity index (χ4v) is 3.35. The predicted octanol–water partition coefficient (Wildman–Crippen LogP) is 2.77. The summed E-state index contributed by atoms with van der Waals surface area (Å²) in [5, 5.41) is 0. The molecule has 1 amide bonds. The molecule has 0 aromatic heterocycles. The highest BCUT2D eigenvalue weighted by Gasteiger charge is 2.40. The quantitative estimate of drug-likeness (QED) is 0.616. The second kappa shape index (κ2) is 9.27. The number of rotatable bonds is 7. The first-order valence-corrected chi connectivity index (χ1v) is 8.78. The third-order valence-electron chi connectivity index (χ3n) is 4.24. The van der Waals surface area contributed by atoms with Gasteiger partial charge in [0, 0.05) is 31.0 Å². The van der Waals surface area contributed by atoms with E-state index in [0.29, 0.717) is 16.5 Å². The summed E-state index contributed by atoms with van der Waals surface area (Å²) in [5.74, 6) is -0.748. The molecular weight excluding hydrogens is 416 g/mol. The third kappa shape index (κ3) is 5.14.